The maximum absolute atomic E-state index is 14.6. The van der Waals surface area contributed by atoms with Crippen molar-refractivity contribution in [2.75, 3.05) is 39.7 Å². The van der Waals surface area contributed by atoms with Gasteiger partial charge in [0.15, 0.2) is 0 Å². The van der Waals surface area contributed by atoms with Crippen molar-refractivity contribution in [2.24, 2.45) is 10.2 Å². The molecule has 7 aromatic rings. The Morgan fingerprint density at radius 1 is 0.536 bits per heavy atom. The number of rotatable bonds is 17. The Bertz CT molecular complexity index is 3730. The first kappa shape index (κ1) is 49.3. The van der Waals surface area contributed by atoms with Gasteiger partial charge in [0.1, 0.15) is 25.3 Å². The van der Waals surface area contributed by atoms with Crippen LogP contribution in [0.3, 0.4) is 0 Å². The Morgan fingerprint density at radius 2 is 1.01 bits per heavy atom. The minimum absolute atomic E-state index is 0.0150. The highest BCUT2D eigenvalue weighted by molar-refractivity contribution is 7.87. The number of carbonyl (C=O) groups is 1. The van der Waals surface area contributed by atoms with Crippen LogP contribution in [0, 0.1) is 12.2 Å². The standard InChI is InChI=1S/C37H31F2N13O13S4/c1-18(53)42-27-15-19(9-10-26(27)52-51-21-14-25-23(31(17-21)69(63,64)65)6-3-8-29(25)67(57,58)59)43-36-47-32(38)45-34(49-36)40-11-4-12-41-35-46-33(39)48-37(50-35)44-20-13-24-22(30(16-20)68(60,61)62)5-2-7-28(24)66(54,55)56/h2-3,5-10,13-17H,4,11-12H2,1H3,(H,42,53)(H,54,55,56)(H,57,58,59)(H,60,61,62)(H,63,64,65)(H2,40,43,45,47,49)(H2,41,44,46,48,50). The molecule has 0 unspecified atom stereocenters. The predicted octanol–water partition coefficient (Wildman–Crippen LogP) is 5.40. The molecule has 0 aliphatic heterocycles. The molecule has 0 aliphatic rings. The highest BCUT2D eigenvalue weighted by Crippen LogP contribution is 2.36. The Balaban J connectivity index is 1.02. The number of carbonyl (C=O) groups excluding carboxylic acids is 1. The summed E-state index contributed by atoms with van der Waals surface area (Å²) in [6.07, 6.45) is -2.27. The fourth-order valence-corrected chi connectivity index (χ4v) is 9.31. The van der Waals surface area contributed by atoms with E-state index in [0.717, 1.165) is 48.5 Å². The first-order valence-electron chi connectivity index (χ1n) is 19.0. The van der Waals surface area contributed by atoms with Crippen LogP contribution in [0.2, 0.25) is 0 Å². The molecule has 26 nitrogen and oxygen atoms in total. The van der Waals surface area contributed by atoms with E-state index in [2.05, 4.69) is 66.7 Å². The smallest absolute Gasteiger partial charge is 0.315 e. The minimum Gasteiger partial charge on any atom is -0.354 e. The predicted molar refractivity (Wildman–Crippen MR) is 240 cm³/mol. The van der Waals surface area contributed by atoms with Gasteiger partial charge in [0.05, 0.1) is 11.4 Å². The second-order valence-corrected chi connectivity index (χ2v) is 19.7. The maximum Gasteiger partial charge on any atom is 0.315 e. The van der Waals surface area contributed by atoms with Crippen LogP contribution in [0.1, 0.15) is 13.3 Å². The fourth-order valence-electron chi connectivity index (χ4n) is 6.46. The van der Waals surface area contributed by atoms with Crippen molar-refractivity contribution < 1.29 is 65.5 Å². The van der Waals surface area contributed by atoms with Gasteiger partial charge in [0.2, 0.25) is 29.7 Å². The quantitative estimate of drug-likeness (QED) is 0.0313. The first-order valence-corrected chi connectivity index (χ1v) is 24.8. The van der Waals surface area contributed by atoms with E-state index in [1.807, 2.05) is 0 Å². The normalized spacial score (nSPS) is 12.3. The summed E-state index contributed by atoms with van der Waals surface area (Å²) in [5, 5.41) is 20.2. The van der Waals surface area contributed by atoms with E-state index >= 15 is 0 Å². The Morgan fingerprint density at radius 3 is 1.52 bits per heavy atom. The number of azo groups is 1. The topological polar surface area (TPSA) is 397 Å². The third-order valence-electron chi connectivity index (χ3n) is 9.16. The minimum atomic E-state index is -4.96. The SMILES string of the molecule is CC(=O)Nc1cc(Nc2nc(F)nc(NCCCNc3nc(F)nc(Nc4cc(S(=O)(=O)O)c5cccc(S(=O)(=O)O)c5c4)n3)n2)ccc1N=Nc1cc(S(=O)(=O)O)c2cccc(S(=O)(=O)O)c2c1. The van der Waals surface area contributed by atoms with Gasteiger partial charge in [0.25, 0.3) is 40.5 Å². The summed E-state index contributed by atoms with van der Waals surface area (Å²) < 4.78 is 165. The third-order valence-corrected chi connectivity index (χ3v) is 12.8. The van der Waals surface area contributed by atoms with Crippen molar-refractivity contribution in [3.63, 3.8) is 0 Å². The highest BCUT2D eigenvalue weighted by Gasteiger charge is 2.23. The van der Waals surface area contributed by atoms with E-state index in [1.54, 1.807) is 0 Å². The lowest BCUT2D eigenvalue weighted by Crippen LogP contribution is -2.15. The molecule has 0 bridgehead atoms. The number of amides is 1. The van der Waals surface area contributed by atoms with Crippen molar-refractivity contribution >= 4 is 120 Å². The van der Waals surface area contributed by atoms with Crippen molar-refractivity contribution in [3.05, 3.63) is 91.0 Å². The van der Waals surface area contributed by atoms with Crippen LogP contribution in [-0.4, -0.2) is 101 Å². The summed E-state index contributed by atoms with van der Waals surface area (Å²) >= 11 is 0. The molecule has 9 N–H and O–H groups in total. The van der Waals surface area contributed by atoms with E-state index in [4.69, 9.17) is 0 Å². The molecule has 0 saturated carbocycles. The summed E-state index contributed by atoms with van der Waals surface area (Å²) in [5.74, 6) is -1.89. The van der Waals surface area contributed by atoms with Gasteiger partial charge in [-0.15, -0.1) is 5.11 Å². The second kappa shape index (κ2) is 19.2. The number of anilines is 7. The first-order chi connectivity index (χ1) is 32.3. The Hall–Kier alpha value is -7.59. The van der Waals surface area contributed by atoms with Gasteiger partial charge in [-0.25, -0.2) is 0 Å². The molecule has 0 radical (unpaired) electrons. The average Bonchev–Trinajstić information content (AvgIpc) is 3.23. The molecule has 69 heavy (non-hydrogen) atoms. The number of aromatic nitrogens is 6. The number of hydrogen-bond donors (Lipinski definition) is 9. The molecule has 7 rings (SSSR count). The molecule has 32 heteroatoms. The number of nitrogens with zero attached hydrogens (tertiary/aromatic N) is 8. The molecule has 2 heterocycles. The van der Waals surface area contributed by atoms with E-state index < -0.39 is 84.1 Å². The largest absolute Gasteiger partial charge is 0.354 e. The van der Waals surface area contributed by atoms with Crippen molar-refractivity contribution in [2.45, 2.75) is 32.9 Å². The van der Waals surface area contributed by atoms with E-state index in [-0.39, 0.29) is 87.3 Å². The van der Waals surface area contributed by atoms with Gasteiger partial charge in [-0.2, -0.15) is 77.5 Å². The zero-order chi connectivity index (χ0) is 50.1. The van der Waals surface area contributed by atoms with E-state index in [1.165, 1.54) is 37.3 Å². The molecular weight excluding hydrogens is 1000 g/mol. The lowest BCUT2D eigenvalue weighted by Gasteiger charge is -2.12. The van der Waals surface area contributed by atoms with Crippen LogP contribution in [0.15, 0.2) is 109 Å². The van der Waals surface area contributed by atoms with Gasteiger partial charge in [-0.05, 0) is 61.0 Å². The van der Waals surface area contributed by atoms with Crippen molar-refractivity contribution in [1.82, 2.24) is 29.9 Å². The molecule has 0 fully saturated rings. The van der Waals surface area contributed by atoms with Gasteiger partial charge in [0, 0.05) is 52.9 Å². The lowest BCUT2D eigenvalue weighted by atomic mass is 10.1. The number of nitrogens with one attached hydrogen (secondary N) is 5. The monoisotopic (exact) mass is 1030 g/mol. The molecule has 0 aliphatic carbocycles. The maximum atomic E-state index is 14.6. The molecule has 0 saturated heterocycles. The number of halogens is 2. The molecule has 0 spiro atoms. The van der Waals surface area contributed by atoms with Gasteiger partial charge < -0.3 is 26.6 Å². The highest BCUT2D eigenvalue weighted by atomic mass is 32.2. The van der Waals surface area contributed by atoms with Gasteiger partial charge >= 0.3 is 12.2 Å². The number of benzene rings is 5. The Kier molecular flexibility index (Phi) is 13.7. The van der Waals surface area contributed by atoms with Gasteiger partial charge in [-0.1, -0.05) is 24.3 Å². The molecular formula is C37H31F2N13O13S4. The summed E-state index contributed by atoms with van der Waals surface area (Å²) in [7, 11) is -19.7. The molecule has 0 atom stereocenters. The molecule has 5 aromatic carbocycles. The number of hydrogen-bond acceptors (Lipinski definition) is 21. The summed E-state index contributed by atoms with van der Waals surface area (Å²) in [5.41, 5.74) is -0.327. The van der Waals surface area contributed by atoms with Crippen LogP contribution in [0.4, 0.5) is 61.0 Å². The van der Waals surface area contributed by atoms with Crippen molar-refractivity contribution in [1.29, 1.82) is 0 Å². The van der Waals surface area contributed by atoms with Crippen LogP contribution in [-0.2, 0) is 45.3 Å². The average molecular weight is 1030 g/mol. The third kappa shape index (κ3) is 12.1. The van der Waals surface area contributed by atoms with Crippen LogP contribution < -0.4 is 26.6 Å². The second-order valence-electron chi connectivity index (χ2n) is 14.1. The molecule has 360 valence electrons. The molecule has 2 aromatic heterocycles. The zero-order valence-electron chi connectivity index (χ0n) is 34.6. The summed E-state index contributed by atoms with van der Waals surface area (Å²) in [6, 6.07) is 14.8. The Labute approximate surface area is 387 Å². The van der Waals surface area contributed by atoms with Crippen LogP contribution in [0.25, 0.3) is 21.5 Å². The van der Waals surface area contributed by atoms with Crippen molar-refractivity contribution in [3.8, 4) is 0 Å². The fraction of sp³-hybridized carbons (Fsp3) is 0.108. The van der Waals surface area contributed by atoms with Crippen LogP contribution in [0.5, 0.6) is 0 Å². The summed E-state index contributed by atoms with van der Waals surface area (Å²) in [6.45, 7) is 1.31. The van der Waals surface area contributed by atoms with E-state index in [0.29, 0.717) is 0 Å². The van der Waals surface area contributed by atoms with Crippen LogP contribution >= 0.6 is 0 Å². The zero-order valence-corrected chi connectivity index (χ0v) is 37.8. The van der Waals surface area contributed by atoms with E-state index in [9.17, 15) is 65.5 Å². The summed E-state index contributed by atoms with van der Waals surface area (Å²) in [4.78, 5) is 31.7. The number of fused-ring (bicyclic) bond motifs is 2. The van der Waals surface area contributed by atoms with Gasteiger partial charge in [-0.3, -0.25) is 23.0 Å². The molecule has 1 amide bonds. The lowest BCUT2D eigenvalue weighted by molar-refractivity contribution is -0.114.